The molecule has 6 heteroatoms. The molecule has 0 aliphatic heterocycles. The molecule has 1 unspecified atom stereocenters. The highest BCUT2D eigenvalue weighted by molar-refractivity contribution is 5.65. The van der Waals surface area contributed by atoms with Crippen LogP contribution in [0.2, 0.25) is 0 Å². The third-order valence-electron chi connectivity index (χ3n) is 6.07. The third-order valence-corrected chi connectivity index (χ3v) is 6.07. The lowest BCUT2D eigenvalue weighted by atomic mass is 10.1. The van der Waals surface area contributed by atoms with Crippen LogP contribution in [0.3, 0.4) is 0 Å². The van der Waals surface area contributed by atoms with Crippen LogP contribution in [-0.2, 0) is 20.1 Å². The van der Waals surface area contributed by atoms with Crippen LogP contribution in [0.4, 0.5) is 0 Å². The van der Waals surface area contributed by atoms with Gasteiger partial charge >= 0.3 is 0 Å². The lowest BCUT2D eigenvalue weighted by Gasteiger charge is -2.25. The number of ether oxygens (including phenoxy) is 1. The van der Waals surface area contributed by atoms with Gasteiger partial charge in [0.2, 0.25) is 5.88 Å². The molecule has 0 saturated carbocycles. The highest BCUT2D eigenvalue weighted by Crippen LogP contribution is 2.34. The summed E-state index contributed by atoms with van der Waals surface area (Å²) in [6, 6.07) is 22.1. The molecule has 1 N–H and O–H groups in total. The first kappa shape index (κ1) is 24.8. The summed E-state index contributed by atoms with van der Waals surface area (Å²) in [6.07, 6.45) is 4.11. The van der Waals surface area contributed by atoms with Crippen molar-refractivity contribution in [3.8, 4) is 22.9 Å². The Morgan fingerprint density at radius 3 is 2.49 bits per heavy atom. The predicted octanol–water partition coefficient (Wildman–Crippen LogP) is 6.33. The topological polar surface area (TPSA) is 63.7 Å². The smallest absolute Gasteiger partial charge is 0.222 e. The summed E-state index contributed by atoms with van der Waals surface area (Å²) in [5, 5.41) is 15.6. The first-order valence-corrected chi connectivity index (χ1v) is 12.3. The third kappa shape index (κ3) is 6.62. The molecule has 4 rings (SSSR count). The first-order chi connectivity index (χ1) is 17.0. The fraction of sp³-hybridized carbons (Fsp3) is 0.345. The number of unbranched alkanes of at least 4 members (excludes halogenated alkanes) is 1. The van der Waals surface area contributed by atoms with Gasteiger partial charge in [0.15, 0.2) is 0 Å². The molecular formula is C29H35N3O3. The average molecular weight is 474 g/mol. The highest BCUT2D eigenvalue weighted by atomic mass is 16.5. The van der Waals surface area contributed by atoms with Crippen LogP contribution >= 0.6 is 0 Å². The van der Waals surface area contributed by atoms with Gasteiger partial charge in [0.1, 0.15) is 17.2 Å². The molecule has 1 atom stereocenters. The number of aliphatic hydroxyl groups is 1. The molecule has 184 valence electrons. The fourth-order valence-corrected chi connectivity index (χ4v) is 4.23. The summed E-state index contributed by atoms with van der Waals surface area (Å²) in [7, 11) is 1.91. The molecule has 0 bridgehead atoms. The number of benzene rings is 2. The van der Waals surface area contributed by atoms with E-state index in [0.29, 0.717) is 25.5 Å². The molecule has 0 fully saturated rings. The maximum atomic E-state index is 10.8. The number of aliphatic hydroxyl groups excluding tert-OH is 1. The molecule has 4 aromatic rings. The first-order valence-electron chi connectivity index (χ1n) is 12.3. The molecule has 0 spiro atoms. The van der Waals surface area contributed by atoms with E-state index in [9.17, 15) is 5.11 Å². The molecule has 0 aliphatic carbocycles. The Morgan fingerprint density at radius 1 is 1.03 bits per heavy atom. The van der Waals surface area contributed by atoms with Gasteiger partial charge in [-0.25, -0.2) is 4.68 Å². The lowest BCUT2D eigenvalue weighted by molar-refractivity contribution is 0.0917. The number of hydrogen-bond acceptors (Lipinski definition) is 5. The molecule has 6 nitrogen and oxygen atoms in total. The molecule has 2 aromatic heterocycles. The molecule has 2 aromatic carbocycles. The number of rotatable bonds is 12. The van der Waals surface area contributed by atoms with Crippen molar-refractivity contribution >= 4 is 0 Å². The normalized spacial score (nSPS) is 12.3. The van der Waals surface area contributed by atoms with E-state index in [0.717, 1.165) is 47.6 Å². The minimum atomic E-state index is -0.414. The van der Waals surface area contributed by atoms with Gasteiger partial charge in [0, 0.05) is 25.7 Å². The highest BCUT2D eigenvalue weighted by Gasteiger charge is 2.24. The van der Waals surface area contributed by atoms with Crippen LogP contribution in [-0.4, -0.2) is 32.4 Å². The van der Waals surface area contributed by atoms with Crippen LogP contribution in [0, 0.1) is 6.92 Å². The SMILES string of the molecule is CCCCC(O)CN(Cc1ccco1)Cc1c(-c2ccccc2)nn(C)c1Oc1ccc(C)cc1. The summed E-state index contributed by atoms with van der Waals surface area (Å²) in [5.74, 6) is 2.32. The monoisotopic (exact) mass is 473 g/mol. The Balaban J connectivity index is 1.69. The van der Waals surface area contributed by atoms with Crippen molar-refractivity contribution in [1.29, 1.82) is 0 Å². The minimum Gasteiger partial charge on any atom is -0.468 e. The van der Waals surface area contributed by atoms with E-state index < -0.39 is 6.10 Å². The van der Waals surface area contributed by atoms with Crippen LogP contribution < -0.4 is 4.74 Å². The van der Waals surface area contributed by atoms with Gasteiger partial charge in [0.05, 0.1) is 24.5 Å². The minimum absolute atomic E-state index is 0.414. The van der Waals surface area contributed by atoms with E-state index in [2.05, 4.69) is 30.9 Å². The predicted molar refractivity (Wildman–Crippen MR) is 138 cm³/mol. The van der Waals surface area contributed by atoms with Gasteiger partial charge in [-0.3, -0.25) is 4.90 Å². The molecule has 0 aliphatic rings. The summed E-state index contributed by atoms with van der Waals surface area (Å²) < 4.78 is 13.8. The van der Waals surface area contributed by atoms with Gasteiger partial charge in [-0.15, -0.1) is 0 Å². The van der Waals surface area contributed by atoms with Crippen molar-refractivity contribution in [2.75, 3.05) is 6.54 Å². The zero-order valence-corrected chi connectivity index (χ0v) is 20.9. The zero-order chi connectivity index (χ0) is 24.6. The Kier molecular flexibility index (Phi) is 8.40. The van der Waals surface area contributed by atoms with E-state index in [4.69, 9.17) is 14.3 Å². The van der Waals surface area contributed by atoms with E-state index in [1.807, 2.05) is 61.6 Å². The maximum Gasteiger partial charge on any atom is 0.222 e. The van der Waals surface area contributed by atoms with Crippen molar-refractivity contribution in [3.05, 3.63) is 89.9 Å². The zero-order valence-electron chi connectivity index (χ0n) is 20.9. The molecule has 0 amide bonds. The largest absolute Gasteiger partial charge is 0.468 e. The number of aryl methyl sites for hydroxylation is 2. The second kappa shape index (κ2) is 11.9. The number of hydrogen-bond donors (Lipinski definition) is 1. The van der Waals surface area contributed by atoms with Gasteiger partial charge in [-0.05, 0) is 37.6 Å². The number of furan rings is 1. The summed E-state index contributed by atoms with van der Waals surface area (Å²) in [6.45, 7) is 5.88. The van der Waals surface area contributed by atoms with Gasteiger partial charge < -0.3 is 14.3 Å². The Bertz CT molecular complexity index is 1170. The van der Waals surface area contributed by atoms with E-state index in [-0.39, 0.29) is 0 Å². The van der Waals surface area contributed by atoms with Gasteiger partial charge in [-0.2, -0.15) is 5.10 Å². The van der Waals surface area contributed by atoms with Crippen LogP contribution in [0.15, 0.2) is 77.4 Å². The van der Waals surface area contributed by atoms with Crippen molar-refractivity contribution in [3.63, 3.8) is 0 Å². The van der Waals surface area contributed by atoms with Gasteiger partial charge in [-0.1, -0.05) is 67.8 Å². The summed E-state index contributed by atoms with van der Waals surface area (Å²) >= 11 is 0. The second-order valence-electron chi connectivity index (χ2n) is 9.08. The Morgan fingerprint density at radius 2 is 1.80 bits per heavy atom. The Labute approximate surface area is 207 Å². The second-order valence-corrected chi connectivity index (χ2v) is 9.08. The molecule has 2 heterocycles. The molecular weight excluding hydrogens is 438 g/mol. The van der Waals surface area contributed by atoms with Crippen molar-refractivity contribution in [2.45, 2.75) is 52.3 Å². The van der Waals surface area contributed by atoms with Crippen molar-refractivity contribution in [1.82, 2.24) is 14.7 Å². The van der Waals surface area contributed by atoms with Gasteiger partial charge in [0.25, 0.3) is 0 Å². The van der Waals surface area contributed by atoms with E-state index in [1.54, 1.807) is 10.9 Å². The van der Waals surface area contributed by atoms with Crippen molar-refractivity contribution in [2.24, 2.45) is 7.05 Å². The molecule has 0 radical (unpaired) electrons. The number of aromatic nitrogens is 2. The summed E-state index contributed by atoms with van der Waals surface area (Å²) in [5.41, 5.74) is 4.07. The lowest BCUT2D eigenvalue weighted by Crippen LogP contribution is -2.32. The number of nitrogens with zero attached hydrogens (tertiary/aromatic N) is 3. The van der Waals surface area contributed by atoms with Crippen molar-refractivity contribution < 1.29 is 14.3 Å². The Hall–Kier alpha value is -3.35. The van der Waals surface area contributed by atoms with Crippen LogP contribution in [0.1, 0.15) is 43.1 Å². The standard InChI is InChI=1S/C29H35N3O3/c1-4-5-12-24(33)19-32(20-26-13-9-18-34-26)21-27-28(23-10-7-6-8-11-23)30-31(3)29(27)35-25-16-14-22(2)15-17-25/h6-11,13-18,24,33H,4-5,12,19-21H2,1-3H3. The molecule has 0 saturated heterocycles. The van der Waals surface area contributed by atoms with Crippen LogP contribution in [0.25, 0.3) is 11.3 Å². The summed E-state index contributed by atoms with van der Waals surface area (Å²) in [4.78, 5) is 2.21. The maximum absolute atomic E-state index is 10.8. The quantitative estimate of drug-likeness (QED) is 0.260. The van der Waals surface area contributed by atoms with E-state index >= 15 is 0 Å². The fourth-order valence-electron chi connectivity index (χ4n) is 4.23. The van der Waals surface area contributed by atoms with E-state index in [1.165, 1.54) is 5.56 Å². The molecule has 35 heavy (non-hydrogen) atoms. The van der Waals surface area contributed by atoms with Crippen LogP contribution in [0.5, 0.6) is 11.6 Å². The average Bonchev–Trinajstić information content (AvgIpc) is 3.48.